The summed E-state index contributed by atoms with van der Waals surface area (Å²) in [6, 6.07) is 7.73. The lowest BCUT2D eigenvalue weighted by Gasteiger charge is -2.21. The van der Waals surface area contributed by atoms with Gasteiger partial charge in [0.15, 0.2) is 0 Å². The number of thioether (sulfide) groups is 1. The zero-order valence-corrected chi connectivity index (χ0v) is 16.6. The quantitative estimate of drug-likeness (QED) is 0.825. The molecule has 1 heterocycles. The van der Waals surface area contributed by atoms with Crippen LogP contribution in [0.4, 0.5) is 0 Å². The minimum atomic E-state index is -0.440. The number of hydrogen-bond acceptors (Lipinski definition) is 4. The number of nitrogens with two attached hydrogens (primary N) is 1. The molecule has 0 radical (unpaired) electrons. The fourth-order valence-corrected chi connectivity index (χ4v) is 3.40. The van der Waals surface area contributed by atoms with E-state index in [0.29, 0.717) is 13.0 Å². The van der Waals surface area contributed by atoms with Crippen LogP contribution in [0.3, 0.4) is 0 Å². The number of para-hydroxylation sites is 1. The molecule has 25 heavy (non-hydrogen) atoms. The van der Waals surface area contributed by atoms with Gasteiger partial charge in [0.05, 0.1) is 17.4 Å². The van der Waals surface area contributed by atoms with Crippen LogP contribution in [0, 0.1) is 20.8 Å². The van der Waals surface area contributed by atoms with Crippen molar-refractivity contribution in [3.63, 3.8) is 0 Å². The second-order valence-corrected chi connectivity index (χ2v) is 7.42. The van der Waals surface area contributed by atoms with E-state index in [1.54, 1.807) is 16.7 Å². The van der Waals surface area contributed by atoms with Crippen molar-refractivity contribution in [2.45, 2.75) is 39.8 Å². The highest BCUT2D eigenvalue weighted by molar-refractivity contribution is 7.98. The summed E-state index contributed by atoms with van der Waals surface area (Å²) in [7, 11) is 1.81. The Morgan fingerprint density at radius 2 is 2.00 bits per heavy atom. The number of carbonyl (C=O) groups excluding carboxylic acids is 1. The van der Waals surface area contributed by atoms with Crippen molar-refractivity contribution < 1.29 is 4.79 Å². The summed E-state index contributed by atoms with van der Waals surface area (Å²) in [4.78, 5) is 14.2. The molecule has 0 unspecified atom stereocenters. The number of likely N-dealkylation sites (N-methyl/N-ethyl adjacent to an activating group) is 1. The molecule has 2 aromatic rings. The second-order valence-electron chi connectivity index (χ2n) is 6.43. The number of aryl methyl sites for hydroxylation is 2. The molecule has 1 atom stereocenters. The maximum atomic E-state index is 12.5. The van der Waals surface area contributed by atoms with E-state index in [0.717, 1.165) is 28.4 Å². The topological polar surface area (TPSA) is 64.2 Å². The minimum absolute atomic E-state index is 0.0171. The van der Waals surface area contributed by atoms with Gasteiger partial charge in [-0.05, 0) is 50.8 Å². The molecule has 0 spiro atoms. The third kappa shape index (κ3) is 4.44. The molecule has 0 aliphatic heterocycles. The zero-order chi connectivity index (χ0) is 18.6. The van der Waals surface area contributed by atoms with Gasteiger partial charge in [0.1, 0.15) is 0 Å². The van der Waals surface area contributed by atoms with Crippen LogP contribution in [0.2, 0.25) is 0 Å². The fourth-order valence-electron chi connectivity index (χ4n) is 2.91. The van der Waals surface area contributed by atoms with Crippen LogP contribution < -0.4 is 5.73 Å². The third-order valence-electron chi connectivity index (χ3n) is 4.51. The zero-order valence-electron chi connectivity index (χ0n) is 15.7. The van der Waals surface area contributed by atoms with Crippen molar-refractivity contribution in [3.05, 3.63) is 46.8 Å². The van der Waals surface area contributed by atoms with Gasteiger partial charge >= 0.3 is 0 Å². The minimum Gasteiger partial charge on any atom is -0.340 e. The van der Waals surface area contributed by atoms with Crippen LogP contribution in [0.15, 0.2) is 24.3 Å². The van der Waals surface area contributed by atoms with Gasteiger partial charge in [0.25, 0.3) is 0 Å². The van der Waals surface area contributed by atoms with Gasteiger partial charge in [-0.3, -0.25) is 4.79 Å². The highest BCUT2D eigenvalue weighted by atomic mass is 32.2. The molecule has 0 aliphatic carbocycles. The first-order chi connectivity index (χ1) is 11.9. The summed E-state index contributed by atoms with van der Waals surface area (Å²) in [5.41, 5.74) is 11.3. The number of carbonyl (C=O) groups is 1. The molecule has 5 nitrogen and oxygen atoms in total. The van der Waals surface area contributed by atoms with E-state index in [-0.39, 0.29) is 5.91 Å². The molecule has 0 saturated carbocycles. The summed E-state index contributed by atoms with van der Waals surface area (Å²) >= 11 is 1.71. The van der Waals surface area contributed by atoms with Crippen LogP contribution in [-0.4, -0.2) is 45.7 Å². The Labute approximate surface area is 154 Å². The fraction of sp³-hybridized carbons (Fsp3) is 0.474. The first-order valence-corrected chi connectivity index (χ1v) is 9.86. The molecule has 2 rings (SSSR count). The van der Waals surface area contributed by atoms with Gasteiger partial charge in [-0.25, -0.2) is 4.68 Å². The standard InChI is InChI=1S/C19H28N4OS/c1-13-8-6-7-9-18(13)23-15(3)16(14(2)21-23)12-22(4)19(24)17(20)10-11-25-5/h6-9,17H,10-12,20H2,1-5H3/t17-/m0/s1. The average molecular weight is 361 g/mol. The lowest BCUT2D eigenvalue weighted by Crippen LogP contribution is -2.41. The van der Waals surface area contributed by atoms with Gasteiger partial charge in [-0.2, -0.15) is 16.9 Å². The Morgan fingerprint density at radius 1 is 1.32 bits per heavy atom. The van der Waals surface area contributed by atoms with Crippen molar-refractivity contribution >= 4 is 17.7 Å². The summed E-state index contributed by atoms with van der Waals surface area (Å²) in [5, 5.41) is 4.69. The molecular formula is C19H28N4OS. The highest BCUT2D eigenvalue weighted by Crippen LogP contribution is 2.21. The molecule has 2 N–H and O–H groups in total. The van der Waals surface area contributed by atoms with Crippen LogP contribution >= 0.6 is 11.8 Å². The Hall–Kier alpha value is -1.79. The van der Waals surface area contributed by atoms with Gasteiger partial charge in [-0.15, -0.1) is 0 Å². The largest absolute Gasteiger partial charge is 0.340 e. The van der Waals surface area contributed by atoms with Crippen LogP contribution in [0.25, 0.3) is 5.69 Å². The van der Waals surface area contributed by atoms with Crippen LogP contribution in [0.1, 0.15) is 28.9 Å². The Bertz CT molecular complexity index is 741. The van der Waals surface area contributed by atoms with E-state index in [1.165, 1.54) is 5.56 Å². The SMILES string of the molecule is CSCC[C@H](N)C(=O)N(C)Cc1c(C)nn(-c2ccccc2C)c1C. The smallest absolute Gasteiger partial charge is 0.239 e. The van der Waals surface area contributed by atoms with E-state index in [4.69, 9.17) is 10.8 Å². The lowest BCUT2D eigenvalue weighted by molar-refractivity contribution is -0.131. The number of benzene rings is 1. The van der Waals surface area contributed by atoms with Gasteiger partial charge < -0.3 is 10.6 Å². The van der Waals surface area contributed by atoms with Gasteiger partial charge in [0, 0.05) is 24.8 Å². The van der Waals surface area contributed by atoms with Gasteiger partial charge in [0.2, 0.25) is 5.91 Å². The summed E-state index contributed by atoms with van der Waals surface area (Å²) in [5.74, 6) is 0.876. The van der Waals surface area contributed by atoms with Crippen molar-refractivity contribution in [2.75, 3.05) is 19.1 Å². The molecule has 1 aromatic heterocycles. The predicted octanol–water partition coefficient (Wildman–Crippen LogP) is 2.84. The molecule has 0 bridgehead atoms. The maximum absolute atomic E-state index is 12.5. The second kappa shape index (κ2) is 8.54. The Morgan fingerprint density at radius 3 is 2.64 bits per heavy atom. The highest BCUT2D eigenvalue weighted by Gasteiger charge is 2.21. The molecule has 0 saturated heterocycles. The number of aromatic nitrogens is 2. The van der Waals surface area contributed by atoms with Crippen LogP contribution in [-0.2, 0) is 11.3 Å². The number of amides is 1. The predicted molar refractivity (Wildman–Crippen MR) is 105 cm³/mol. The summed E-state index contributed by atoms with van der Waals surface area (Å²) < 4.78 is 1.96. The van der Waals surface area contributed by atoms with Crippen molar-refractivity contribution in [1.29, 1.82) is 0 Å². The Kier molecular flexibility index (Phi) is 6.67. The molecule has 136 valence electrons. The van der Waals surface area contributed by atoms with Crippen molar-refractivity contribution in [1.82, 2.24) is 14.7 Å². The molecule has 1 amide bonds. The van der Waals surface area contributed by atoms with Gasteiger partial charge in [-0.1, -0.05) is 18.2 Å². The van der Waals surface area contributed by atoms with E-state index in [1.807, 2.05) is 44.0 Å². The lowest BCUT2D eigenvalue weighted by atomic mass is 10.1. The molecule has 0 fully saturated rings. The maximum Gasteiger partial charge on any atom is 0.239 e. The normalized spacial score (nSPS) is 12.2. The number of nitrogens with zero attached hydrogens (tertiary/aromatic N) is 3. The van der Waals surface area contributed by atoms with Crippen LogP contribution in [0.5, 0.6) is 0 Å². The number of hydrogen-bond donors (Lipinski definition) is 1. The molecular weight excluding hydrogens is 332 g/mol. The summed E-state index contributed by atoms with van der Waals surface area (Å²) in [6.45, 7) is 6.64. The third-order valence-corrected chi connectivity index (χ3v) is 5.15. The summed E-state index contributed by atoms with van der Waals surface area (Å²) in [6.07, 6.45) is 2.72. The average Bonchev–Trinajstić information content (AvgIpc) is 2.87. The first kappa shape index (κ1) is 19.5. The Balaban J connectivity index is 2.21. The first-order valence-electron chi connectivity index (χ1n) is 8.47. The van der Waals surface area contributed by atoms with Crippen molar-refractivity contribution in [3.8, 4) is 5.69 Å². The molecule has 0 aliphatic rings. The van der Waals surface area contributed by atoms with Crippen molar-refractivity contribution in [2.24, 2.45) is 5.73 Å². The molecule has 1 aromatic carbocycles. The van der Waals surface area contributed by atoms with E-state index < -0.39 is 6.04 Å². The van der Waals surface area contributed by atoms with E-state index >= 15 is 0 Å². The number of rotatable bonds is 7. The molecule has 6 heteroatoms. The monoisotopic (exact) mass is 360 g/mol. The van der Waals surface area contributed by atoms with E-state index in [9.17, 15) is 4.79 Å². The van der Waals surface area contributed by atoms with E-state index in [2.05, 4.69) is 19.1 Å².